The lowest BCUT2D eigenvalue weighted by Crippen LogP contribution is -2.24. The van der Waals surface area contributed by atoms with E-state index in [1.165, 1.54) is 0 Å². The van der Waals surface area contributed by atoms with Crippen LogP contribution in [0.4, 0.5) is 13.2 Å². The van der Waals surface area contributed by atoms with E-state index in [-0.39, 0.29) is 0 Å². The van der Waals surface area contributed by atoms with Crippen LogP contribution in [-0.4, -0.2) is 38.2 Å². The van der Waals surface area contributed by atoms with Crippen LogP contribution < -0.4 is 0 Å². The molecule has 1 aromatic heterocycles. The van der Waals surface area contributed by atoms with Gasteiger partial charge >= 0.3 is 6.18 Å². The molecule has 1 heterocycles. The van der Waals surface area contributed by atoms with E-state index < -0.39 is 36.2 Å². The molecule has 0 aliphatic rings. The molecule has 2 atom stereocenters. The molecule has 0 aliphatic heterocycles. The van der Waals surface area contributed by atoms with Crippen LogP contribution in [0.25, 0.3) is 0 Å². The second-order valence-corrected chi connectivity index (χ2v) is 2.89. The molecular formula is C7H9F3N2O3. The fourth-order valence-electron chi connectivity index (χ4n) is 1.05. The molecular weight excluding hydrogens is 217 g/mol. The fraction of sp³-hybridized carbons (Fsp3) is 0.571. The Labute approximate surface area is 82.2 Å². The van der Waals surface area contributed by atoms with Gasteiger partial charge in [0, 0.05) is 5.56 Å². The largest absolute Gasteiger partial charge is 0.433 e. The zero-order valence-corrected chi connectivity index (χ0v) is 7.36. The van der Waals surface area contributed by atoms with Crippen molar-refractivity contribution in [1.29, 1.82) is 0 Å². The highest BCUT2D eigenvalue weighted by atomic mass is 19.4. The van der Waals surface area contributed by atoms with Crippen LogP contribution in [0.15, 0.2) is 6.20 Å². The summed E-state index contributed by atoms with van der Waals surface area (Å²) in [5, 5.41) is 31.5. The average Bonchev–Trinajstić information content (AvgIpc) is 2.63. The van der Waals surface area contributed by atoms with Gasteiger partial charge in [0.1, 0.15) is 17.9 Å². The molecule has 5 nitrogen and oxygen atoms in total. The lowest BCUT2D eigenvalue weighted by Gasteiger charge is -2.16. The molecule has 1 rings (SSSR count). The van der Waals surface area contributed by atoms with E-state index in [1.54, 1.807) is 5.10 Å². The van der Waals surface area contributed by atoms with Crippen LogP contribution in [0.1, 0.15) is 17.4 Å². The minimum Gasteiger partial charge on any atom is -0.394 e. The van der Waals surface area contributed by atoms with Crippen molar-refractivity contribution in [2.45, 2.75) is 18.4 Å². The van der Waals surface area contributed by atoms with Crippen LogP contribution in [0.2, 0.25) is 0 Å². The highest BCUT2D eigenvalue weighted by Crippen LogP contribution is 2.33. The SMILES string of the molecule is OCC(O)C(O)c1cn[nH]c1C(F)(F)F. The van der Waals surface area contributed by atoms with E-state index in [0.29, 0.717) is 0 Å². The number of aliphatic hydroxyl groups is 3. The number of alkyl halides is 3. The second kappa shape index (κ2) is 4.17. The maximum absolute atomic E-state index is 12.3. The third-order valence-electron chi connectivity index (χ3n) is 1.82. The van der Waals surface area contributed by atoms with Crippen LogP contribution in [0.3, 0.4) is 0 Å². The van der Waals surface area contributed by atoms with Crippen molar-refractivity contribution in [3.63, 3.8) is 0 Å². The maximum atomic E-state index is 12.3. The van der Waals surface area contributed by atoms with Crippen LogP contribution in [-0.2, 0) is 6.18 Å². The van der Waals surface area contributed by atoms with Crippen LogP contribution in [0, 0.1) is 0 Å². The number of nitrogens with zero attached hydrogens (tertiary/aromatic N) is 1. The van der Waals surface area contributed by atoms with Crippen molar-refractivity contribution >= 4 is 0 Å². The summed E-state index contributed by atoms with van der Waals surface area (Å²) in [5.41, 5.74) is -1.83. The van der Waals surface area contributed by atoms with E-state index in [2.05, 4.69) is 5.10 Å². The molecule has 0 radical (unpaired) electrons. The van der Waals surface area contributed by atoms with Crippen LogP contribution in [0.5, 0.6) is 0 Å². The van der Waals surface area contributed by atoms with E-state index in [0.717, 1.165) is 6.20 Å². The maximum Gasteiger partial charge on any atom is 0.433 e. The summed E-state index contributed by atoms with van der Waals surface area (Å²) in [6.07, 6.45) is -7.44. The van der Waals surface area contributed by atoms with Gasteiger partial charge in [0.15, 0.2) is 0 Å². The summed E-state index contributed by atoms with van der Waals surface area (Å²) in [6, 6.07) is 0. The molecule has 0 saturated carbocycles. The van der Waals surface area contributed by atoms with Crippen molar-refractivity contribution < 1.29 is 28.5 Å². The molecule has 0 fully saturated rings. The minimum absolute atomic E-state index is 0.593. The summed E-state index contributed by atoms with van der Waals surface area (Å²) in [5.74, 6) is 0. The lowest BCUT2D eigenvalue weighted by molar-refractivity contribution is -0.143. The molecule has 0 amide bonds. The van der Waals surface area contributed by atoms with Gasteiger partial charge in [-0.25, -0.2) is 0 Å². The summed E-state index contributed by atoms with van der Waals surface area (Å²) in [6.45, 7) is -0.844. The first-order valence-corrected chi connectivity index (χ1v) is 3.95. The summed E-state index contributed by atoms with van der Waals surface area (Å²) >= 11 is 0. The topological polar surface area (TPSA) is 89.4 Å². The first-order valence-electron chi connectivity index (χ1n) is 3.95. The Bertz CT molecular complexity index is 326. The van der Waals surface area contributed by atoms with Gasteiger partial charge < -0.3 is 15.3 Å². The molecule has 0 aromatic carbocycles. The molecule has 15 heavy (non-hydrogen) atoms. The Balaban J connectivity index is 3.00. The normalized spacial score (nSPS) is 16.4. The van der Waals surface area contributed by atoms with Gasteiger partial charge in [0.05, 0.1) is 12.8 Å². The standard InChI is InChI=1S/C7H9F3N2O3/c8-7(9,10)6-3(1-11-12-6)5(15)4(14)2-13/h1,4-5,13-15H,2H2,(H,11,12). The smallest absolute Gasteiger partial charge is 0.394 e. The molecule has 8 heteroatoms. The summed E-state index contributed by atoms with van der Waals surface area (Å²) in [4.78, 5) is 0. The zero-order valence-electron chi connectivity index (χ0n) is 7.36. The number of nitrogens with one attached hydrogen (secondary N) is 1. The molecule has 0 saturated heterocycles. The zero-order chi connectivity index (χ0) is 11.6. The molecule has 0 spiro atoms. The molecule has 0 bridgehead atoms. The van der Waals surface area contributed by atoms with Crippen LogP contribution >= 0.6 is 0 Å². The second-order valence-electron chi connectivity index (χ2n) is 2.89. The number of aromatic amines is 1. The number of hydrogen-bond donors (Lipinski definition) is 4. The molecule has 2 unspecified atom stereocenters. The Morgan fingerprint density at radius 3 is 2.47 bits per heavy atom. The Morgan fingerprint density at radius 2 is 2.00 bits per heavy atom. The Kier molecular flexibility index (Phi) is 3.32. The molecule has 86 valence electrons. The summed E-state index contributed by atoms with van der Waals surface area (Å²) in [7, 11) is 0. The van der Waals surface area contributed by atoms with Crippen molar-refractivity contribution in [1.82, 2.24) is 10.2 Å². The molecule has 0 aliphatic carbocycles. The highest BCUT2D eigenvalue weighted by molar-refractivity contribution is 5.22. The van der Waals surface area contributed by atoms with E-state index in [1.807, 2.05) is 0 Å². The van der Waals surface area contributed by atoms with Crippen molar-refractivity contribution in [2.75, 3.05) is 6.61 Å². The Morgan fingerprint density at radius 1 is 1.40 bits per heavy atom. The predicted octanol–water partition coefficient (Wildman–Crippen LogP) is -0.185. The van der Waals surface area contributed by atoms with E-state index >= 15 is 0 Å². The molecule has 4 N–H and O–H groups in total. The Hall–Kier alpha value is -1.12. The summed E-state index contributed by atoms with van der Waals surface area (Å²) < 4.78 is 36.8. The average molecular weight is 226 g/mol. The van der Waals surface area contributed by atoms with E-state index in [9.17, 15) is 18.3 Å². The number of hydrogen-bond acceptors (Lipinski definition) is 4. The first-order chi connectivity index (χ1) is 6.88. The number of aromatic nitrogens is 2. The van der Waals surface area contributed by atoms with Gasteiger partial charge in [-0.15, -0.1) is 0 Å². The number of aliphatic hydroxyl groups excluding tert-OH is 3. The van der Waals surface area contributed by atoms with Gasteiger partial charge in [-0.3, -0.25) is 5.10 Å². The third-order valence-corrected chi connectivity index (χ3v) is 1.82. The highest BCUT2D eigenvalue weighted by Gasteiger charge is 2.38. The number of H-pyrrole nitrogens is 1. The van der Waals surface area contributed by atoms with Crippen molar-refractivity contribution in [2.24, 2.45) is 0 Å². The predicted molar refractivity (Wildman–Crippen MR) is 41.6 cm³/mol. The number of rotatable bonds is 3. The fourth-order valence-corrected chi connectivity index (χ4v) is 1.05. The van der Waals surface area contributed by atoms with Gasteiger partial charge in [0.25, 0.3) is 0 Å². The lowest BCUT2D eigenvalue weighted by atomic mass is 10.1. The van der Waals surface area contributed by atoms with Gasteiger partial charge in [-0.05, 0) is 0 Å². The van der Waals surface area contributed by atoms with Crippen molar-refractivity contribution in [3.8, 4) is 0 Å². The van der Waals surface area contributed by atoms with Gasteiger partial charge in [-0.1, -0.05) is 0 Å². The third kappa shape index (κ3) is 2.46. The van der Waals surface area contributed by atoms with E-state index in [4.69, 9.17) is 10.2 Å². The number of halogens is 3. The van der Waals surface area contributed by atoms with Gasteiger partial charge in [-0.2, -0.15) is 18.3 Å². The monoisotopic (exact) mass is 226 g/mol. The van der Waals surface area contributed by atoms with Crippen molar-refractivity contribution in [3.05, 3.63) is 17.5 Å². The molecule has 1 aromatic rings. The quantitative estimate of drug-likeness (QED) is 0.575. The van der Waals surface area contributed by atoms with Gasteiger partial charge in [0.2, 0.25) is 0 Å². The minimum atomic E-state index is -4.69. The first kappa shape index (κ1) is 12.0.